The molecule has 2 rings (SSSR count). The van der Waals surface area contributed by atoms with Gasteiger partial charge in [0.25, 0.3) is 0 Å². The van der Waals surface area contributed by atoms with Crippen LogP contribution in [0.3, 0.4) is 0 Å². The van der Waals surface area contributed by atoms with Crippen LogP contribution in [0.1, 0.15) is 25.7 Å². The van der Waals surface area contributed by atoms with Gasteiger partial charge in [-0.1, -0.05) is 0 Å². The summed E-state index contributed by atoms with van der Waals surface area (Å²) in [6, 6.07) is 0. The Morgan fingerprint density at radius 2 is 2.07 bits per heavy atom. The molecular formula is C10H17N3O2. The number of carbonyl (C=O) groups is 2. The summed E-state index contributed by atoms with van der Waals surface area (Å²) in [5.74, 6) is -0.188. The molecule has 5 nitrogen and oxygen atoms in total. The van der Waals surface area contributed by atoms with Crippen molar-refractivity contribution in [2.24, 2.45) is 11.7 Å². The van der Waals surface area contributed by atoms with Gasteiger partial charge >= 0.3 is 0 Å². The van der Waals surface area contributed by atoms with Gasteiger partial charge in [-0.25, -0.2) is 0 Å². The van der Waals surface area contributed by atoms with Crippen LogP contribution < -0.4 is 16.4 Å². The molecule has 1 saturated heterocycles. The standard InChI is InChI=1S/C10H17N3O2/c11-8(14)4-10(2-1-3-10)13-9(15)7-5-12-6-7/h7,12H,1-6H2,(H2,11,14)(H,13,15). The fourth-order valence-electron chi connectivity index (χ4n) is 2.12. The highest BCUT2D eigenvalue weighted by Gasteiger charge is 2.41. The van der Waals surface area contributed by atoms with Gasteiger partial charge < -0.3 is 16.4 Å². The first-order valence-corrected chi connectivity index (χ1v) is 5.42. The van der Waals surface area contributed by atoms with Crippen LogP contribution >= 0.6 is 0 Å². The smallest absolute Gasteiger partial charge is 0.226 e. The fraction of sp³-hybridized carbons (Fsp3) is 0.800. The zero-order valence-electron chi connectivity index (χ0n) is 8.71. The lowest BCUT2D eigenvalue weighted by atomic mass is 9.73. The summed E-state index contributed by atoms with van der Waals surface area (Å²) >= 11 is 0. The Morgan fingerprint density at radius 1 is 1.40 bits per heavy atom. The summed E-state index contributed by atoms with van der Waals surface area (Å²) in [4.78, 5) is 22.6. The van der Waals surface area contributed by atoms with Gasteiger partial charge in [-0.3, -0.25) is 9.59 Å². The minimum atomic E-state index is -0.332. The zero-order valence-corrected chi connectivity index (χ0v) is 8.71. The first-order valence-electron chi connectivity index (χ1n) is 5.42. The summed E-state index contributed by atoms with van der Waals surface area (Å²) < 4.78 is 0. The van der Waals surface area contributed by atoms with Crippen molar-refractivity contribution in [1.82, 2.24) is 10.6 Å². The molecule has 1 saturated carbocycles. The molecule has 2 amide bonds. The summed E-state index contributed by atoms with van der Waals surface area (Å²) in [5, 5.41) is 6.04. The summed E-state index contributed by atoms with van der Waals surface area (Å²) in [6.45, 7) is 1.50. The monoisotopic (exact) mass is 211 g/mol. The normalized spacial score (nSPS) is 23.7. The molecule has 0 unspecified atom stereocenters. The average Bonchev–Trinajstić information content (AvgIpc) is 1.95. The third-order valence-electron chi connectivity index (χ3n) is 3.36. The van der Waals surface area contributed by atoms with E-state index in [0.717, 1.165) is 32.4 Å². The van der Waals surface area contributed by atoms with E-state index in [2.05, 4.69) is 10.6 Å². The molecule has 4 N–H and O–H groups in total. The van der Waals surface area contributed by atoms with Crippen LogP contribution in [0.2, 0.25) is 0 Å². The lowest BCUT2D eigenvalue weighted by molar-refractivity contribution is -0.130. The number of nitrogens with one attached hydrogen (secondary N) is 2. The van der Waals surface area contributed by atoms with Crippen molar-refractivity contribution in [1.29, 1.82) is 0 Å². The number of hydrogen-bond acceptors (Lipinski definition) is 3. The van der Waals surface area contributed by atoms with Crippen LogP contribution in [0.25, 0.3) is 0 Å². The third-order valence-corrected chi connectivity index (χ3v) is 3.36. The van der Waals surface area contributed by atoms with E-state index in [1.165, 1.54) is 0 Å². The van der Waals surface area contributed by atoms with Gasteiger partial charge in [0.2, 0.25) is 11.8 Å². The molecule has 5 heteroatoms. The van der Waals surface area contributed by atoms with Crippen molar-refractivity contribution in [3.8, 4) is 0 Å². The van der Waals surface area contributed by atoms with E-state index in [1.54, 1.807) is 0 Å². The van der Waals surface area contributed by atoms with Crippen molar-refractivity contribution < 1.29 is 9.59 Å². The maximum atomic E-state index is 11.7. The Balaban J connectivity index is 1.89. The van der Waals surface area contributed by atoms with E-state index in [9.17, 15) is 9.59 Å². The number of primary amides is 1. The molecule has 0 aromatic carbocycles. The van der Waals surface area contributed by atoms with Crippen LogP contribution in [0.15, 0.2) is 0 Å². The van der Waals surface area contributed by atoms with Crippen LogP contribution in [-0.2, 0) is 9.59 Å². The van der Waals surface area contributed by atoms with Gasteiger partial charge in [0.1, 0.15) is 0 Å². The Kier molecular flexibility index (Phi) is 2.65. The van der Waals surface area contributed by atoms with Gasteiger partial charge in [0, 0.05) is 25.0 Å². The highest BCUT2D eigenvalue weighted by molar-refractivity contribution is 5.82. The molecule has 0 bridgehead atoms. The van der Waals surface area contributed by atoms with Gasteiger partial charge in [-0.2, -0.15) is 0 Å². The van der Waals surface area contributed by atoms with Gasteiger partial charge in [-0.15, -0.1) is 0 Å². The van der Waals surface area contributed by atoms with Gasteiger partial charge in [-0.05, 0) is 19.3 Å². The van der Waals surface area contributed by atoms with Crippen LogP contribution in [-0.4, -0.2) is 30.4 Å². The Labute approximate surface area is 88.8 Å². The predicted octanol–water partition coefficient (Wildman–Crippen LogP) is -0.880. The molecule has 0 aromatic heterocycles. The third kappa shape index (κ3) is 2.12. The van der Waals surface area contributed by atoms with E-state index in [-0.39, 0.29) is 29.7 Å². The van der Waals surface area contributed by atoms with Crippen molar-refractivity contribution >= 4 is 11.8 Å². The van der Waals surface area contributed by atoms with Crippen molar-refractivity contribution in [2.75, 3.05) is 13.1 Å². The Hall–Kier alpha value is -1.10. The number of rotatable bonds is 4. The average molecular weight is 211 g/mol. The number of nitrogens with two attached hydrogens (primary N) is 1. The van der Waals surface area contributed by atoms with Crippen LogP contribution in [0, 0.1) is 5.92 Å². The Bertz CT molecular complexity index is 282. The van der Waals surface area contributed by atoms with E-state index in [4.69, 9.17) is 5.73 Å². The highest BCUT2D eigenvalue weighted by Crippen LogP contribution is 2.35. The van der Waals surface area contributed by atoms with Crippen LogP contribution in [0.4, 0.5) is 0 Å². The highest BCUT2D eigenvalue weighted by atomic mass is 16.2. The van der Waals surface area contributed by atoms with Gasteiger partial charge in [0.15, 0.2) is 0 Å². The summed E-state index contributed by atoms with van der Waals surface area (Å²) in [5.41, 5.74) is 4.86. The predicted molar refractivity (Wildman–Crippen MR) is 54.9 cm³/mol. The second-order valence-electron chi connectivity index (χ2n) is 4.62. The second-order valence-corrected chi connectivity index (χ2v) is 4.62. The maximum Gasteiger partial charge on any atom is 0.226 e. The molecule has 0 atom stereocenters. The molecule has 0 radical (unpaired) electrons. The minimum Gasteiger partial charge on any atom is -0.370 e. The van der Waals surface area contributed by atoms with Crippen molar-refractivity contribution in [2.45, 2.75) is 31.2 Å². The lowest BCUT2D eigenvalue weighted by Crippen LogP contribution is -2.60. The Morgan fingerprint density at radius 3 is 2.40 bits per heavy atom. The summed E-state index contributed by atoms with van der Waals surface area (Å²) in [6.07, 6.45) is 3.10. The number of carbonyl (C=O) groups excluding carboxylic acids is 2. The van der Waals surface area contributed by atoms with Gasteiger partial charge in [0.05, 0.1) is 5.92 Å². The quantitative estimate of drug-likeness (QED) is 0.564. The van der Waals surface area contributed by atoms with E-state index >= 15 is 0 Å². The molecule has 1 aliphatic heterocycles. The molecule has 2 aliphatic rings. The minimum absolute atomic E-state index is 0.0645. The molecule has 1 heterocycles. The molecule has 2 fully saturated rings. The molecule has 1 aliphatic carbocycles. The van der Waals surface area contributed by atoms with E-state index in [1.807, 2.05) is 0 Å². The molecular weight excluding hydrogens is 194 g/mol. The van der Waals surface area contributed by atoms with Crippen molar-refractivity contribution in [3.05, 3.63) is 0 Å². The van der Waals surface area contributed by atoms with E-state index < -0.39 is 0 Å². The summed E-state index contributed by atoms with van der Waals surface area (Å²) in [7, 11) is 0. The molecule has 0 aromatic rings. The SMILES string of the molecule is NC(=O)CC1(NC(=O)C2CNC2)CCC1. The largest absolute Gasteiger partial charge is 0.370 e. The first kappa shape index (κ1) is 10.4. The molecule has 0 spiro atoms. The number of amides is 2. The molecule has 15 heavy (non-hydrogen) atoms. The van der Waals surface area contributed by atoms with Crippen LogP contribution in [0.5, 0.6) is 0 Å². The molecule has 84 valence electrons. The second kappa shape index (κ2) is 3.81. The lowest BCUT2D eigenvalue weighted by Gasteiger charge is -2.43. The topological polar surface area (TPSA) is 84.2 Å². The number of hydrogen-bond donors (Lipinski definition) is 3. The van der Waals surface area contributed by atoms with Crippen molar-refractivity contribution in [3.63, 3.8) is 0 Å². The first-order chi connectivity index (χ1) is 7.11. The fourth-order valence-corrected chi connectivity index (χ4v) is 2.12. The van der Waals surface area contributed by atoms with E-state index in [0.29, 0.717) is 0 Å². The zero-order chi connectivity index (χ0) is 10.9. The maximum absolute atomic E-state index is 11.7.